The van der Waals surface area contributed by atoms with Crippen molar-refractivity contribution in [3.8, 4) is 10.7 Å². The van der Waals surface area contributed by atoms with E-state index in [0.717, 1.165) is 10.6 Å². The summed E-state index contributed by atoms with van der Waals surface area (Å²) in [5, 5.41) is 8.38. The molecule has 6 nitrogen and oxygen atoms in total. The SMILES string of the molecule is Cn1nc(-c2snnc2C(C)(C)C)nc1N. The summed E-state index contributed by atoms with van der Waals surface area (Å²) in [6.07, 6.45) is 0. The molecule has 0 aliphatic rings. The van der Waals surface area contributed by atoms with E-state index in [9.17, 15) is 0 Å². The first-order chi connectivity index (χ1) is 7.39. The Bertz CT molecular complexity index is 487. The van der Waals surface area contributed by atoms with Crippen molar-refractivity contribution in [2.24, 2.45) is 7.05 Å². The summed E-state index contributed by atoms with van der Waals surface area (Å²) in [5.41, 5.74) is 6.49. The molecule has 0 atom stereocenters. The standard InChI is InChI=1S/C9H14N6S/c1-9(2,3)6-5(16-14-12-6)7-11-8(10)15(4)13-7/h1-4H3,(H2,10,11,13). The van der Waals surface area contributed by atoms with Crippen LogP contribution in [0.15, 0.2) is 0 Å². The number of nitrogens with two attached hydrogens (primary N) is 1. The summed E-state index contributed by atoms with van der Waals surface area (Å²) < 4.78 is 5.51. The Hall–Kier alpha value is -1.50. The molecule has 16 heavy (non-hydrogen) atoms. The molecule has 0 spiro atoms. The third-order valence-corrected chi connectivity index (χ3v) is 2.92. The number of hydrogen-bond donors (Lipinski definition) is 1. The van der Waals surface area contributed by atoms with Gasteiger partial charge in [0.15, 0.2) is 5.82 Å². The van der Waals surface area contributed by atoms with Crippen LogP contribution in [-0.2, 0) is 12.5 Å². The Labute approximate surface area is 97.7 Å². The monoisotopic (exact) mass is 238 g/mol. The lowest BCUT2D eigenvalue weighted by Gasteiger charge is -2.15. The lowest BCUT2D eigenvalue weighted by Crippen LogP contribution is -2.13. The maximum absolute atomic E-state index is 5.66. The molecule has 2 N–H and O–H groups in total. The van der Waals surface area contributed by atoms with Crippen LogP contribution in [0.1, 0.15) is 26.5 Å². The van der Waals surface area contributed by atoms with Gasteiger partial charge in [0.25, 0.3) is 0 Å². The van der Waals surface area contributed by atoms with Crippen molar-refractivity contribution in [3.05, 3.63) is 5.69 Å². The minimum absolute atomic E-state index is 0.0731. The lowest BCUT2D eigenvalue weighted by atomic mass is 9.91. The average molecular weight is 238 g/mol. The fourth-order valence-corrected chi connectivity index (χ4v) is 2.13. The van der Waals surface area contributed by atoms with Gasteiger partial charge in [-0.3, -0.25) is 0 Å². The first kappa shape index (κ1) is 11.0. The molecular formula is C9H14N6S. The number of rotatable bonds is 1. The predicted molar refractivity (Wildman–Crippen MR) is 63.0 cm³/mol. The van der Waals surface area contributed by atoms with Crippen LogP contribution in [0.4, 0.5) is 5.95 Å². The number of aryl methyl sites for hydroxylation is 1. The highest BCUT2D eigenvalue weighted by Gasteiger charge is 2.25. The van der Waals surface area contributed by atoms with E-state index in [1.165, 1.54) is 11.5 Å². The van der Waals surface area contributed by atoms with Crippen LogP contribution in [0, 0.1) is 0 Å². The summed E-state index contributed by atoms with van der Waals surface area (Å²) in [6, 6.07) is 0. The Morgan fingerprint density at radius 2 is 2.00 bits per heavy atom. The van der Waals surface area contributed by atoms with Crippen molar-refractivity contribution in [2.45, 2.75) is 26.2 Å². The van der Waals surface area contributed by atoms with Crippen molar-refractivity contribution < 1.29 is 0 Å². The predicted octanol–water partition coefficient (Wildman–Crippen LogP) is 1.21. The number of anilines is 1. The van der Waals surface area contributed by atoms with Gasteiger partial charge in [0, 0.05) is 12.5 Å². The molecule has 86 valence electrons. The smallest absolute Gasteiger partial charge is 0.218 e. The van der Waals surface area contributed by atoms with Gasteiger partial charge < -0.3 is 5.73 Å². The second-order valence-corrected chi connectivity index (χ2v) is 5.37. The third-order valence-electron chi connectivity index (χ3n) is 2.20. The van der Waals surface area contributed by atoms with Crippen LogP contribution in [-0.4, -0.2) is 24.4 Å². The molecule has 2 aromatic heterocycles. The molecule has 2 rings (SSSR count). The second-order valence-electron chi connectivity index (χ2n) is 4.62. The number of nitrogen functional groups attached to an aromatic ring is 1. The minimum atomic E-state index is -0.0731. The number of hydrogen-bond acceptors (Lipinski definition) is 6. The zero-order valence-electron chi connectivity index (χ0n) is 9.72. The van der Waals surface area contributed by atoms with Crippen LogP contribution in [0.3, 0.4) is 0 Å². The summed E-state index contributed by atoms with van der Waals surface area (Å²) in [5.74, 6) is 0.989. The maximum Gasteiger partial charge on any atom is 0.218 e. The van der Waals surface area contributed by atoms with Gasteiger partial charge in [0.2, 0.25) is 5.95 Å². The molecule has 2 aromatic rings. The second kappa shape index (κ2) is 3.51. The van der Waals surface area contributed by atoms with Crippen molar-refractivity contribution in [1.82, 2.24) is 24.4 Å². The quantitative estimate of drug-likeness (QED) is 0.807. The Kier molecular flexibility index (Phi) is 2.42. The van der Waals surface area contributed by atoms with E-state index >= 15 is 0 Å². The fraction of sp³-hybridized carbons (Fsp3) is 0.556. The van der Waals surface area contributed by atoms with E-state index in [1.54, 1.807) is 11.7 Å². The van der Waals surface area contributed by atoms with E-state index in [4.69, 9.17) is 5.73 Å². The molecule has 0 saturated heterocycles. The summed E-state index contributed by atoms with van der Waals surface area (Å²) in [6.45, 7) is 6.25. The normalized spacial score (nSPS) is 12.0. The summed E-state index contributed by atoms with van der Waals surface area (Å²) in [4.78, 5) is 5.08. The Morgan fingerprint density at radius 3 is 2.50 bits per heavy atom. The van der Waals surface area contributed by atoms with Crippen molar-refractivity contribution in [2.75, 3.05) is 5.73 Å². The highest BCUT2D eigenvalue weighted by molar-refractivity contribution is 7.09. The number of aromatic nitrogens is 5. The van der Waals surface area contributed by atoms with E-state index in [0.29, 0.717) is 11.8 Å². The first-order valence-electron chi connectivity index (χ1n) is 4.89. The van der Waals surface area contributed by atoms with Crippen molar-refractivity contribution >= 4 is 17.5 Å². The molecule has 0 aliphatic carbocycles. The van der Waals surface area contributed by atoms with Crippen molar-refractivity contribution in [3.63, 3.8) is 0 Å². The molecule has 0 fully saturated rings. The zero-order valence-corrected chi connectivity index (χ0v) is 10.5. The fourth-order valence-electron chi connectivity index (χ4n) is 1.32. The van der Waals surface area contributed by atoms with Gasteiger partial charge in [0.05, 0.1) is 5.69 Å². The van der Waals surface area contributed by atoms with Gasteiger partial charge in [-0.05, 0) is 11.5 Å². The van der Waals surface area contributed by atoms with Gasteiger partial charge in [-0.2, -0.15) is 4.98 Å². The van der Waals surface area contributed by atoms with E-state index in [-0.39, 0.29) is 5.41 Å². The van der Waals surface area contributed by atoms with Crippen LogP contribution >= 0.6 is 11.5 Å². The van der Waals surface area contributed by atoms with Gasteiger partial charge in [-0.25, -0.2) is 4.68 Å². The molecule has 0 unspecified atom stereocenters. The molecule has 0 amide bonds. The van der Waals surface area contributed by atoms with E-state index in [1.807, 2.05) is 0 Å². The molecular weight excluding hydrogens is 224 g/mol. The molecule has 0 bridgehead atoms. The van der Waals surface area contributed by atoms with E-state index < -0.39 is 0 Å². The zero-order chi connectivity index (χ0) is 11.9. The van der Waals surface area contributed by atoms with Crippen LogP contribution in [0.25, 0.3) is 10.7 Å². The lowest BCUT2D eigenvalue weighted by molar-refractivity contribution is 0.568. The van der Waals surface area contributed by atoms with Gasteiger partial charge in [-0.1, -0.05) is 25.3 Å². The van der Waals surface area contributed by atoms with E-state index in [2.05, 4.69) is 40.4 Å². The van der Waals surface area contributed by atoms with Crippen LogP contribution in [0.2, 0.25) is 0 Å². The summed E-state index contributed by atoms with van der Waals surface area (Å²) >= 11 is 1.30. The molecule has 2 heterocycles. The van der Waals surface area contributed by atoms with Crippen LogP contribution < -0.4 is 5.73 Å². The first-order valence-corrected chi connectivity index (χ1v) is 5.66. The molecule has 0 radical (unpaired) electrons. The highest BCUT2D eigenvalue weighted by Crippen LogP contribution is 2.32. The molecule has 0 aliphatic heterocycles. The molecule has 0 aromatic carbocycles. The topological polar surface area (TPSA) is 82.5 Å². The highest BCUT2D eigenvalue weighted by atomic mass is 32.1. The van der Waals surface area contributed by atoms with Crippen LogP contribution in [0.5, 0.6) is 0 Å². The summed E-state index contributed by atoms with van der Waals surface area (Å²) in [7, 11) is 1.76. The maximum atomic E-state index is 5.66. The van der Waals surface area contributed by atoms with Gasteiger partial charge >= 0.3 is 0 Å². The number of nitrogens with zero attached hydrogens (tertiary/aromatic N) is 5. The van der Waals surface area contributed by atoms with Gasteiger partial charge in [-0.15, -0.1) is 10.2 Å². The Morgan fingerprint density at radius 1 is 1.31 bits per heavy atom. The molecule has 0 saturated carbocycles. The average Bonchev–Trinajstić information content (AvgIpc) is 2.72. The molecule has 7 heteroatoms. The van der Waals surface area contributed by atoms with Gasteiger partial charge in [0.1, 0.15) is 4.88 Å². The minimum Gasteiger partial charge on any atom is -0.368 e. The third kappa shape index (κ3) is 1.78. The van der Waals surface area contributed by atoms with Crippen molar-refractivity contribution in [1.29, 1.82) is 0 Å². The Balaban J connectivity index is 2.53. The largest absolute Gasteiger partial charge is 0.368 e.